The zero-order valence-corrected chi connectivity index (χ0v) is 12.0. The summed E-state index contributed by atoms with van der Waals surface area (Å²) in [7, 11) is 0.200. The minimum atomic E-state index is -3.20. The van der Waals surface area contributed by atoms with Gasteiger partial charge in [0, 0.05) is 6.04 Å². The Bertz CT molecular complexity index is 471. The van der Waals surface area contributed by atoms with Crippen molar-refractivity contribution < 1.29 is 13.2 Å². The van der Waals surface area contributed by atoms with Crippen LogP contribution in [0.15, 0.2) is 29.2 Å². The summed E-state index contributed by atoms with van der Waals surface area (Å²) in [6, 6.07) is 6.95. The molecule has 1 rings (SSSR count). The van der Waals surface area contributed by atoms with Gasteiger partial charge in [-0.15, -0.1) is 0 Å². The highest BCUT2D eigenvalue weighted by Gasteiger charge is 2.15. The Kier molecular flexibility index (Phi) is 5.62. The first-order valence-corrected chi connectivity index (χ1v) is 7.69. The van der Waals surface area contributed by atoms with Crippen LogP contribution < -0.4 is 10.1 Å². The second kappa shape index (κ2) is 6.75. The highest BCUT2D eigenvalue weighted by Crippen LogP contribution is 2.19. The first-order valence-electron chi connectivity index (χ1n) is 6.03. The van der Waals surface area contributed by atoms with Crippen molar-refractivity contribution in [2.45, 2.75) is 30.7 Å². The molecule has 102 valence electrons. The molecule has 1 atom stereocenters. The Labute approximate surface area is 109 Å². The van der Waals surface area contributed by atoms with Crippen molar-refractivity contribution in [1.29, 1.82) is 0 Å². The van der Waals surface area contributed by atoms with Gasteiger partial charge in [0.2, 0.25) is 0 Å². The minimum Gasteiger partial charge on any atom is -0.497 e. The van der Waals surface area contributed by atoms with Crippen LogP contribution in [0, 0.1) is 0 Å². The fraction of sp³-hybridized carbons (Fsp3) is 0.538. The van der Waals surface area contributed by atoms with E-state index in [4.69, 9.17) is 4.74 Å². The van der Waals surface area contributed by atoms with E-state index in [2.05, 4.69) is 5.32 Å². The van der Waals surface area contributed by atoms with Gasteiger partial charge in [-0.25, -0.2) is 8.42 Å². The van der Waals surface area contributed by atoms with Crippen LogP contribution in [0.1, 0.15) is 19.8 Å². The van der Waals surface area contributed by atoms with E-state index < -0.39 is 9.84 Å². The number of hydrogen-bond donors (Lipinski definition) is 1. The third-order valence-electron chi connectivity index (χ3n) is 2.94. The molecule has 4 nitrogen and oxygen atoms in total. The van der Waals surface area contributed by atoms with E-state index in [1.54, 1.807) is 24.3 Å². The zero-order chi connectivity index (χ0) is 13.6. The van der Waals surface area contributed by atoms with Crippen LogP contribution >= 0.6 is 0 Å². The maximum absolute atomic E-state index is 12.1. The Morgan fingerprint density at radius 3 is 2.72 bits per heavy atom. The van der Waals surface area contributed by atoms with Crippen LogP contribution in [0.5, 0.6) is 5.75 Å². The van der Waals surface area contributed by atoms with E-state index in [1.165, 1.54) is 7.11 Å². The number of rotatable bonds is 7. The summed E-state index contributed by atoms with van der Waals surface area (Å²) in [4.78, 5) is 0.332. The maximum atomic E-state index is 12.1. The van der Waals surface area contributed by atoms with E-state index in [1.807, 2.05) is 14.0 Å². The standard InChI is InChI=1S/C13H21NO3S/c1-11(14-2)6-5-9-18(15,16)13-8-4-7-12(10-13)17-3/h4,7-8,10-11,14H,5-6,9H2,1-3H3. The predicted octanol–water partition coefficient (Wildman–Crippen LogP) is 1.86. The molecule has 18 heavy (non-hydrogen) atoms. The third kappa shape index (κ3) is 4.31. The van der Waals surface area contributed by atoms with Crippen LogP contribution in [0.2, 0.25) is 0 Å². The summed E-state index contributed by atoms with van der Waals surface area (Å²) >= 11 is 0. The summed E-state index contributed by atoms with van der Waals surface area (Å²) < 4.78 is 29.2. The molecule has 0 spiro atoms. The van der Waals surface area contributed by atoms with Crippen LogP contribution in [0.4, 0.5) is 0 Å². The first-order chi connectivity index (χ1) is 8.49. The monoisotopic (exact) mass is 271 g/mol. The molecule has 0 heterocycles. The maximum Gasteiger partial charge on any atom is 0.178 e. The highest BCUT2D eigenvalue weighted by atomic mass is 32.2. The lowest BCUT2D eigenvalue weighted by Crippen LogP contribution is -2.22. The number of sulfone groups is 1. The van der Waals surface area contributed by atoms with Gasteiger partial charge in [0.05, 0.1) is 17.8 Å². The summed E-state index contributed by atoms with van der Waals surface area (Å²) in [5.74, 6) is 0.742. The molecule has 0 bridgehead atoms. The van der Waals surface area contributed by atoms with Gasteiger partial charge < -0.3 is 10.1 Å². The van der Waals surface area contributed by atoms with Crippen molar-refractivity contribution in [3.8, 4) is 5.75 Å². The molecule has 0 amide bonds. The van der Waals surface area contributed by atoms with Crippen LogP contribution in [0.3, 0.4) is 0 Å². The number of nitrogens with one attached hydrogen (secondary N) is 1. The summed E-state index contributed by atoms with van der Waals surface area (Å²) in [6.07, 6.45) is 1.50. The molecule has 0 aromatic heterocycles. The molecular formula is C13H21NO3S. The Balaban J connectivity index is 2.68. The minimum absolute atomic E-state index is 0.173. The van der Waals surface area contributed by atoms with Gasteiger partial charge in [0.15, 0.2) is 9.84 Å². The van der Waals surface area contributed by atoms with Crippen LogP contribution in [-0.2, 0) is 9.84 Å². The van der Waals surface area contributed by atoms with Crippen LogP contribution in [0.25, 0.3) is 0 Å². The topological polar surface area (TPSA) is 55.4 Å². The molecule has 0 aliphatic heterocycles. The van der Waals surface area contributed by atoms with Gasteiger partial charge in [-0.1, -0.05) is 6.07 Å². The summed E-state index contributed by atoms with van der Waals surface area (Å²) in [5, 5.41) is 3.09. The largest absolute Gasteiger partial charge is 0.497 e. The lowest BCUT2D eigenvalue weighted by Gasteiger charge is -2.10. The lowest BCUT2D eigenvalue weighted by molar-refractivity contribution is 0.413. The third-order valence-corrected chi connectivity index (χ3v) is 4.74. The molecule has 0 aliphatic carbocycles. The molecule has 0 saturated heterocycles. The fourth-order valence-electron chi connectivity index (χ4n) is 1.64. The van der Waals surface area contributed by atoms with Crippen molar-refractivity contribution in [2.24, 2.45) is 0 Å². The Hall–Kier alpha value is -1.07. The average molecular weight is 271 g/mol. The highest BCUT2D eigenvalue weighted by molar-refractivity contribution is 7.91. The molecule has 0 fully saturated rings. The number of methoxy groups -OCH3 is 1. The molecular weight excluding hydrogens is 250 g/mol. The molecule has 5 heteroatoms. The van der Waals surface area contributed by atoms with E-state index in [-0.39, 0.29) is 5.75 Å². The summed E-state index contributed by atoms with van der Waals surface area (Å²) in [6.45, 7) is 2.04. The van der Waals surface area contributed by atoms with E-state index in [0.29, 0.717) is 23.1 Å². The normalized spacial score (nSPS) is 13.3. The van der Waals surface area contributed by atoms with Crippen molar-refractivity contribution in [3.63, 3.8) is 0 Å². The lowest BCUT2D eigenvalue weighted by atomic mass is 10.2. The smallest absolute Gasteiger partial charge is 0.178 e. The molecule has 0 saturated carbocycles. The average Bonchev–Trinajstić information content (AvgIpc) is 2.38. The first kappa shape index (κ1) is 15.0. The zero-order valence-electron chi connectivity index (χ0n) is 11.1. The molecule has 1 aromatic rings. The van der Waals surface area contributed by atoms with Crippen molar-refractivity contribution >= 4 is 9.84 Å². The SMILES string of the molecule is CNC(C)CCCS(=O)(=O)c1cccc(OC)c1. The van der Waals surface area contributed by atoms with Gasteiger partial charge in [-0.3, -0.25) is 0 Å². The van der Waals surface area contributed by atoms with Crippen molar-refractivity contribution in [2.75, 3.05) is 19.9 Å². The number of ether oxygens (including phenoxy) is 1. The van der Waals surface area contributed by atoms with Crippen molar-refractivity contribution in [1.82, 2.24) is 5.32 Å². The van der Waals surface area contributed by atoms with Gasteiger partial charge in [0.1, 0.15) is 5.75 Å². The molecule has 1 N–H and O–H groups in total. The number of benzene rings is 1. The molecule has 1 unspecified atom stereocenters. The second-order valence-corrected chi connectivity index (χ2v) is 6.44. The molecule has 0 aliphatic rings. The Morgan fingerprint density at radius 1 is 1.39 bits per heavy atom. The Morgan fingerprint density at radius 2 is 2.11 bits per heavy atom. The predicted molar refractivity (Wildman–Crippen MR) is 72.8 cm³/mol. The van der Waals surface area contributed by atoms with Gasteiger partial charge in [-0.05, 0) is 45.0 Å². The van der Waals surface area contributed by atoms with E-state index in [0.717, 1.165) is 6.42 Å². The molecule has 0 radical (unpaired) electrons. The van der Waals surface area contributed by atoms with Gasteiger partial charge in [0.25, 0.3) is 0 Å². The molecule has 1 aromatic carbocycles. The number of hydrogen-bond acceptors (Lipinski definition) is 4. The fourth-order valence-corrected chi connectivity index (χ4v) is 3.00. The van der Waals surface area contributed by atoms with Crippen molar-refractivity contribution in [3.05, 3.63) is 24.3 Å². The van der Waals surface area contributed by atoms with E-state index in [9.17, 15) is 8.42 Å². The summed E-state index contributed by atoms with van der Waals surface area (Å²) in [5.41, 5.74) is 0. The van der Waals surface area contributed by atoms with Gasteiger partial charge >= 0.3 is 0 Å². The van der Waals surface area contributed by atoms with E-state index >= 15 is 0 Å². The van der Waals surface area contributed by atoms with Crippen LogP contribution in [-0.4, -0.2) is 34.4 Å². The second-order valence-electron chi connectivity index (χ2n) is 4.33. The quantitative estimate of drug-likeness (QED) is 0.822. The van der Waals surface area contributed by atoms with Gasteiger partial charge in [-0.2, -0.15) is 0 Å².